The van der Waals surface area contributed by atoms with Gasteiger partial charge in [0.1, 0.15) is 5.01 Å². The molecule has 0 saturated carbocycles. The zero-order chi connectivity index (χ0) is 14.9. The summed E-state index contributed by atoms with van der Waals surface area (Å²) in [4.78, 5) is 4.73. The lowest BCUT2D eigenvalue weighted by atomic mass is 10.0. The number of aromatic nitrogens is 1. The van der Waals surface area contributed by atoms with Gasteiger partial charge in [0.05, 0.1) is 10.2 Å². The van der Waals surface area contributed by atoms with Crippen LogP contribution in [0.25, 0.3) is 31.9 Å². The molecule has 0 spiro atoms. The molecule has 1 heterocycles. The summed E-state index contributed by atoms with van der Waals surface area (Å²) in [6.45, 7) is 0. The number of benzene rings is 3. The molecular weight excluding hydrogens is 310 g/mol. The molecule has 0 unspecified atom stereocenters. The first kappa shape index (κ1) is 13.5. The average Bonchev–Trinajstić information content (AvgIpc) is 2.99. The highest BCUT2D eigenvalue weighted by molar-refractivity contribution is 7.21. The molecule has 0 saturated heterocycles. The molecule has 0 aliphatic rings. The summed E-state index contributed by atoms with van der Waals surface area (Å²) in [6, 6.07) is 24.6. The summed E-state index contributed by atoms with van der Waals surface area (Å²) in [7, 11) is 0. The third kappa shape index (κ3) is 2.52. The predicted octanol–water partition coefficient (Wildman–Crippen LogP) is 6.28. The number of thiazole rings is 1. The van der Waals surface area contributed by atoms with E-state index in [9.17, 15) is 0 Å². The van der Waals surface area contributed by atoms with E-state index >= 15 is 0 Å². The fourth-order valence-corrected chi connectivity index (χ4v) is 3.65. The molecule has 0 N–H and O–H groups in total. The van der Waals surface area contributed by atoms with Crippen molar-refractivity contribution in [3.63, 3.8) is 0 Å². The van der Waals surface area contributed by atoms with Gasteiger partial charge in [0.2, 0.25) is 0 Å². The SMILES string of the molecule is Clc1cccc(-c2cccc(-c3nc4ccccc4s3)c2)c1. The predicted molar refractivity (Wildman–Crippen MR) is 95.5 cm³/mol. The van der Waals surface area contributed by atoms with Gasteiger partial charge in [-0.2, -0.15) is 0 Å². The standard InChI is InChI=1S/C19H12ClNS/c20-16-8-4-6-14(12-16)13-5-3-7-15(11-13)19-21-17-9-1-2-10-18(17)22-19/h1-12H. The van der Waals surface area contributed by atoms with Crippen LogP contribution in [0.15, 0.2) is 72.8 Å². The van der Waals surface area contributed by atoms with E-state index in [1.54, 1.807) is 11.3 Å². The zero-order valence-corrected chi connectivity index (χ0v) is 13.2. The van der Waals surface area contributed by atoms with E-state index < -0.39 is 0 Å². The van der Waals surface area contributed by atoms with Crippen molar-refractivity contribution in [3.05, 3.63) is 77.8 Å². The lowest BCUT2D eigenvalue weighted by Crippen LogP contribution is -1.80. The molecule has 1 aromatic heterocycles. The van der Waals surface area contributed by atoms with E-state index in [2.05, 4.69) is 42.5 Å². The van der Waals surface area contributed by atoms with Crippen LogP contribution < -0.4 is 0 Å². The van der Waals surface area contributed by atoms with Crippen LogP contribution in [0.1, 0.15) is 0 Å². The van der Waals surface area contributed by atoms with Crippen LogP contribution in [0.2, 0.25) is 5.02 Å². The Morgan fingerprint density at radius 1 is 0.727 bits per heavy atom. The average molecular weight is 322 g/mol. The van der Waals surface area contributed by atoms with Crippen molar-refractivity contribution in [1.82, 2.24) is 4.98 Å². The molecule has 4 aromatic rings. The molecule has 0 radical (unpaired) electrons. The first-order valence-corrected chi connectivity index (χ1v) is 8.21. The summed E-state index contributed by atoms with van der Waals surface area (Å²) in [5, 5.41) is 1.80. The summed E-state index contributed by atoms with van der Waals surface area (Å²) in [6.07, 6.45) is 0. The summed E-state index contributed by atoms with van der Waals surface area (Å²) in [5.74, 6) is 0. The van der Waals surface area contributed by atoms with Crippen LogP contribution >= 0.6 is 22.9 Å². The maximum absolute atomic E-state index is 6.09. The van der Waals surface area contributed by atoms with Crippen molar-refractivity contribution in [2.45, 2.75) is 0 Å². The minimum atomic E-state index is 0.753. The lowest BCUT2D eigenvalue weighted by Gasteiger charge is -2.04. The lowest BCUT2D eigenvalue weighted by molar-refractivity contribution is 1.47. The van der Waals surface area contributed by atoms with Crippen molar-refractivity contribution < 1.29 is 0 Å². The zero-order valence-electron chi connectivity index (χ0n) is 11.7. The second-order valence-corrected chi connectivity index (χ2v) is 6.54. The topological polar surface area (TPSA) is 12.9 Å². The summed E-state index contributed by atoms with van der Waals surface area (Å²) in [5.41, 5.74) is 4.46. The normalized spacial score (nSPS) is 11.0. The van der Waals surface area contributed by atoms with Crippen LogP contribution in [0.3, 0.4) is 0 Å². The van der Waals surface area contributed by atoms with Crippen molar-refractivity contribution in [2.24, 2.45) is 0 Å². The van der Waals surface area contributed by atoms with E-state index in [1.165, 1.54) is 4.70 Å². The Balaban J connectivity index is 1.81. The van der Waals surface area contributed by atoms with Crippen molar-refractivity contribution in [3.8, 4) is 21.7 Å². The molecule has 0 atom stereocenters. The molecule has 106 valence electrons. The number of halogens is 1. The molecule has 3 aromatic carbocycles. The van der Waals surface area contributed by atoms with Crippen LogP contribution in [-0.4, -0.2) is 4.98 Å². The van der Waals surface area contributed by atoms with Gasteiger partial charge >= 0.3 is 0 Å². The van der Waals surface area contributed by atoms with E-state index in [0.717, 1.165) is 32.2 Å². The van der Waals surface area contributed by atoms with Gasteiger partial charge in [0.25, 0.3) is 0 Å². The Bertz CT molecular complexity index is 925. The third-order valence-corrected chi connectivity index (χ3v) is 4.88. The number of rotatable bonds is 2. The van der Waals surface area contributed by atoms with Crippen LogP contribution in [0.5, 0.6) is 0 Å². The highest BCUT2D eigenvalue weighted by Gasteiger charge is 2.07. The van der Waals surface area contributed by atoms with Crippen molar-refractivity contribution >= 4 is 33.2 Å². The fourth-order valence-electron chi connectivity index (χ4n) is 2.50. The monoisotopic (exact) mass is 321 g/mol. The van der Waals surface area contributed by atoms with Crippen LogP contribution in [-0.2, 0) is 0 Å². The molecule has 0 aliphatic heterocycles. The second-order valence-electron chi connectivity index (χ2n) is 5.08. The van der Waals surface area contributed by atoms with Gasteiger partial charge in [-0.05, 0) is 41.5 Å². The molecule has 3 heteroatoms. The second kappa shape index (κ2) is 5.56. The van der Waals surface area contributed by atoms with E-state index in [-0.39, 0.29) is 0 Å². The molecule has 22 heavy (non-hydrogen) atoms. The minimum absolute atomic E-state index is 0.753. The van der Waals surface area contributed by atoms with E-state index in [4.69, 9.17) is 16.6 Å². The van der Waals surface area contributed by atoms with Crippen LogP contribution in [0.4, 0.5) is 0 Å². The van der Waals surface area contributed by atoms with E-state index in [0.29, 0.717) is 0 Å². The summed E-state index contributed by atoms with van der Waals surface area (Å²) >= 11 is 7.81. The minimum Gasteiger partial charge on any atom is -0.236 e. The maximum Gasteiger partial charge on any atom is 0.124 e. The van der Waals surface area contributed by atoms with Gasteiger partial charge in [-0.3, -0.25) is 0 Å². The molecule has 4 rings (SSSR count). The van der Waals surface area contributed by atoms with Gasteiger partial charge in [-0.1, -0.05) is 54.1 Å². The molecule has 0 bridgehead atoms. The first-order valence-electron chi connectivity index (χ1n) is 7.01. The smallest absolute Gasteiger partial charge is 0.124 e. The molecule has 0 amide bonds. The first-order chi connectivity index (χ1) is 10.8. The summed E-state index contributed by atoms with van der Waals surface area (Å²) < 4.78 is 1.21. The third-order valence-electron chi connectivity index (χ3n) is 3.56. The maximum atomic E-state index is 6.09. The Morgan fingerprint density at radius 2 is 1.45 bits per heavy atom. The Kier molecular flexibility index (Phi) is 3.41. The van der Waals surface area contributed by atoms with Gasteiger partial charge in [-0.15, -0.1) is 11.3 Å². The number of para-hydroxylation sites is 1. The molecular formula is C19H12ClNS. The van der Waals surface area contributed by atoms with Crippen LogP contribution in [0, 0.1) is 0 Å². The number of hydrogen-bond donors (Lipinski definition) is 0. The molecule has 0 fully saturated rings. The largest absolute Gasteiger partial charge is 0.236 e. The van der Waals surface area contributed by atoms with Gasteiger partial charge in [-0.25, -0.2) is 4.98 Å². The molecule has 1 nitrogen and oxygen atoms in total. The Labute approximate surface area is 137 Å². The van der Waals surface area contributed by atoms with E-state index in [1.807, 2.05) is 30.3 Å². The quantitative estimate of drug-likeness (QED) is 0.423. The number of hydrogen-bond acceptors (Lipinski definition) is 2. The molecule has 0 aliphatic carbocycles. The highest BCUT2D eigenvalue weighted by Crippen LogP contribution is 2.32. The fraction of sp³-hybridized carbons (Fsp3) is 0. The van der Waals surface area contributed by atoms with Crippen molar-refractivity contribution in [1.29, 1.82) is 0 Å². The highest BCUT2D eigenvalue weighted by atomic mass is 35.5. The Hall–Kier alpha value is -2.16. The number of nitrogens with zero attached hydrogens (tertiary/aromatic N) is 1. The van der Waals surface area contributed by atoms with Gasteiger partial charge in [0, 0.05) is 10.6 Å². The van der Waals surface area contributed by atoms with Gasteiger partial charge in [0.15, 0.2) is 0 Å². The Morgan fingerprint density at radius 3 is 2.27 bits per heavy atom. The number of fused-ring (bicyclic) bond motifs is 1. The van der Waals surface area contributed by atoms with Gasteiger partial charge < -0.3 is 0 Å². The van der Waals surface area contributed by atoms with Crippen molar-refractivity contribution in [2.75, 3.05) is 0 Å².